The maximum absolute atomic E-state index is 13.1. The number of fused-ring (bicyclic) bond motifs is 1. The number of hydrazine groups is 1. The number of aromatic amines is 1. The van der Waals surface area contributed by atoms with Crippen molar-refractivity contribution in [2.24, 2.45) is 0 Å². The topological polar surface area (TPSA) is 106 Å². The van der Waals surface area contributed by atoms with Gasteiger partial charge in [-0.2, -0.15) is 0 Å². The van der Waals surface area contributed by atoms with Crippen molar-refractivity contribution < 1.29 is 14.0 Å². The minimum atomic E-state index is -0.582. The summed E-state index contributed by atoms with van der Waals surface area (Å²) in [6.45, 7) is 0.363. The van der Waals surface area contributed by atoms with Crippen LogP contribution in [0.3, 0.4) is 0 Å². The lowest BCUT2D eigenvalue weighted by molar-refractivity contribution is -0.128. The molecule has 0 bridgehead atoms. The van der Waals surface area contributed by atoms with Gasteiger partial charge in [0.2, 0.25) is 11.3 Å². The Morgan fingerprint density at radius 2 is 1.88 bits per heavy atom. The van der Waals surface area contributed by atoms with E-state index in [1.54, 1.807) is 48.3 Å². The number of carbonyl (C=O) groups is 2. The van der Waals surface area contributed by atoms with Crippen molar-refractivity contribution in [3.05, 3.63) is 81.9 Å². The van der Waals surface area contributed by atoms with E-state index in [4.69, 9.17) is 0 Å². The molecule has 8 nitrogen and oxygen atoms in total. The molecule has 34 heavy (non-hydrogen) atoms. The molecule has 1 saturated heterocycles. The van der Waals surface area contributed by atoms with Crippen LogP contribution in [-0.4, -0.2) is 47.9 Å². The third-order valence-corrected chi connectivity index (χ3v) is 6.16. The number of para-hydroxylation sites is 1. The highest BCUT2D eigenvalue weighted by Gasteiger charge is 2.25. The summed E-state index contributed by atoms with van der Waals surface area (Å²) in [5, 5.41) is 2.97. The highest BCUT2D eigenvalue weighted by molar-refractivity contribution is 5.98. The predicted molar refractivity (Wildman–Crippen MR) is 128 cm³/mol. The van der Waals surface area contributed by atoms with Gasteiger partial charge in [-0.25, -0.2) is 4.39 Å². The standard InChI is InChI=1S/C25H28FN5O3/c1-31(12-4-5-18-13-22(30-29-18)16-8-10-17(26)11-9-16)23(32)15-28-25(34)20-14-27-21-7-3-2-6-19(21)24(20)33/h2-3,6-11,14,18,22,29-30H,4-5,12-13,15H2,1H3,(H,27,33)(H,28,34). The molecule has 2 aromatic carbocycles. The monoisotopic (exact) mass is 465 g/mol. The van der Waals surface area contributed by atoms with E-state index in [2.05, 4.69) is 21.2 Å². The Labute approximate surface area is 196 Å². The van der Waals surface area contributed by atoms with Crippen LogP contribution in [0.25, 0.3) is 10.9 Å². The number of aromatic nitrogens is 1. The molecule has 1 aromatic heterocycles. The smallest absolute Gasteiger partial charge is 0.257 e. The van der Waals surface area contributed by atoms with Crippen LogP contribution in [0.4, 0.5) is 4.39 Å². The lowest BCUT2D eigenvalue weighted by Gasteiger charge is -2.18. The zero-order chi connectivity index (χ0) is 24.1. The summed E-state index contributed by atoms with van der Waals surface area (Å²) in [6.07, 6.45) is 3.90. The molecule has 2 atom stereocenters. The van der Waals surface area contributed by atoms with Gasteiger partial charge in [0.25, 0.3) is 5.91 Å². The van der Waals surface area contributed by atoms with Crippen molar-refractivity contribution in [3.63, 3.8) is 0 Å². The summed E-state index contributed by atoms with van der Waals surface area (Å²) in [6, 6.07) is 13.8. The number of nitrogens with one attached hydrogen (secondary N) is 4. The normalized spacial score (nSPS) is 17.6. The zero-order valence-electron chi connectivity index (χ0n) is 18.9. The maximum Gasteiger partial charge on any atom is 0.257 e. The Balaban J connectivity index is 1.20. The number of rotatable bonds is 8. The minimum Gasteiger partial charge on any atom is -0.360 e. The van der Waals surface area contributed by atoms with Crippen molar-refractivity contribution in [1.29, 1.82) is 0 Å². The SMILES string of the molecule is CN(CCCC1CC(c2ccc(F)cc2)NN1)C(=O)CNC(=O)c1c[nH]c2ccccc2c1=O. The van der Waals surface area contributed by atoms with Crippen LogP contribution in [0.2, 0.25) is 0 Å². The largest absolute Gasteiger partial charge is 0.360 e. The summed E-state index contributed by atoms with van der Waals surface area (Å²) >= 11 is 0. The van der Waals surface area contributed by atoms with Crippen LogP contribution in [0.15, 0.2) is 59.5 Å². The molecule has 0 spiro atoms. The van der Waals surface area contributed by atoms with Crippen LogP contribution in [0.5, 0.6) is 0 Å². The molecule has 1 aliphatic rings. The van der Waals surface area contributed by atoms with Crippen molar-refractivity contribution in [2.75, 3.05) is 20.1 Å². The Morgan fingerprint density at radius 3 is 2.68 bits per heavy atom. The third kappa shape index (κ3) is 5.49. The first-order valence-electron chi connectivity index (χ1n) is 11.3. The van der Waals surface area contributed by atoms with E-state index in [1.807, 2.05) is 0 Å². The first kappa shape index (κ1) is 23.6. The number of nitrogens with zero attached hydrogens (tertiary/aromatic N) is 1. The van der Waals surface area contributed by atoms with Crippen molar-refractivity contribution in [1.82, 2.24) is 26.1 Å². The molecule has 2 heterocycles. The second-order valence-electron chi connectivity index (χ2n) is 8.54. The molecule has 0 aliphatic carbocycles. The average molecular weight is 466 g/mol. The number of hydrogen-bond acceptors (Lipinski definition) is 5. The second kappa shape index (κ2) is 10.6. The number of likely N-dealkylation sites (N-methyl/N-ethyl adjacent to an activating group) is 1. The van der Waals surface area contributed by atoms with Crippen LogP contribution in [0.1, 0.15) is 41.2 Å². The molecule has 3 aromatic rings. The zero-order valence-corrected chi connectivity index (χ0v) is 18.9. The Bertz CT molecular complexity index is 1230. The molecule has 4 rings (SSSR count). The van der Waals surface area contributed by atoms with Gasteiger partial charge in [0.15, 0.2) is 0 Å². The molecule has 2 amide bonds. The number of carbonyl (C=O) groups excluding carboxylic acids is 2. The quantitative estimate of drug-likeness (QED) is 0.408. The minimum absolute atomic E-state index is 0.0235. The van der Waals surface area contributed by atoms with Crippen LogP contribution < -0.4 is 21.6 Å². The molecule has 4 N–H and O–H groups in total. The number of benzene rings is 2. The van der Waals surface area contributed by atoms with Gasteiger partial charge in [0.05, 0.1) is 6.54 Å². The van der Waals surface area contributed by atoms with Crippen LogP contribution in [-0.2, 0) is 4.79 Å². The lowest BCUT2D eigenvalue weighted by atomic mass is 9.99. The van der Waals surface area contributed by atoms with E-state index >= 15 is 0 Å². The van der Waals surface area contributed by atoms with Crippen LogP contribution in [0, 0.1) is 5.82 Å². The molecule has 2 unspecified atom stereocenters. The molecule has 0 saturated carbocycles. The van der Waals surface area contributed by atoms with Crippen molar-refractivity contribution >= 4 is 22.7 Å². The number of amides is 2. The molecule has 1 aliphatic heterocycles. The molecule has 0 radical (unpaired) electrons. The van der Waals surface area contributed by atoms with Gasteiger partial charge in [-0.05, 0) is 49.1 Å². The van der Waals surface area contributed by atoms with Gasteiger partial charge in [-0.3, -0.25) is 25.2 Å². The Kier molecular flexibility index (Phi) is 7.34. The number of pyridine rings is 1. The fraction of sp³-hybridized carbons (Fsp3) is 0.320. The highest BCUT2D eigenvalue weighted by Crippen LogP contribution is 2.24. The first-order chi connectivity index (χ1) is 16.4. The van der Waals surface area contributed by atoms with E-state index in [0.29, 0.717) is 17.4 Å². The summed E-state index contributed by atoms with van der Waals surface area (Å²) in [5.74, 6) is -1.06. The molecule has 9 heteroatoms. The van der Waals surface area contributed by atoms with E-state index in [0.717, 1.165) is 24.8 Å². The number of H-pyrrole nitrogens is 1. The fourth-order valence-corrected chi connectivity index (χ4v) is 4.15. The molecular weight excluding hydrogens is 437 g/mol. The van der Waals surface area contributed by atoms with Crippen LogP contribution >= 0.6 is 0 Å². The Hall–Kier alpha value is -3.56. The maximum atomic E-state index is 13.1. The average Bonchev–Trinajstić information content (AvgIpc) is 3.32. The van der Waals surface area contributed by atoms with E-state index in [1.165, 1.54) is 18.3 Å². The predicted octanol–water partition coefficient (Wildman–Crippen LogP) is 2.24. The molecule has 178 valence electrons. The lowest BCUT2D eigenvalue weighted by Crippen LogP contribution is -2.40. The Morgan fingerprint density at radius 1 is 1.12 bits per heavy atom. The van der Waals surface area contributed by atoms with E-state index < -0.39 is 5.91 Å². The summed E-state index contributed by atoms with van der Waals surface area (Å²) < 4.78 is 13.1. The van der Waals surface area contributed by atoms with Gasteiger partial charge in [-0.15, -0.1) is 0 Å². The molecular formula is C25H28FN5O3. The van der Waals surface area contributed by atoms with Gasteiger partial charge >= 0.3 is 0 Å². The van der Waals surface area contributed by atoms with Gasteiger partial charge in [0.1, 0.15) is 11.4 Å². The summed E-state index contributed by atoms with van der Waals surface area (Å²) in [4.78, 5) is 41.9. The number of halogens is 1. The van der Waals surface area contributed by atoms with E-state index in [-0.39, 0.29) is 41.3 Å². The second-order valence-corrected chi connectivity index (χ2v) is 8.54. The number of hydrogen-bond donors (Lipinski definition) is 4. The first-order valence-corrected chi connectivity index (χ1v) is 11.3. The highest BCUT2D eigenvalue weighted by atomic mass is 19.1. The van der Waals surface area contributed by atoms with Crippen molar-refractivity contribution in [3.8, 4) is 0 Å². The summed E-state index contributed by atoms with van der Waals surface area (Å²) in [5.41, 5.74) is 7.79. The van der Waals surface area contributed by atoms with Gasteiger partial charge in [-0.1, -0.05) is 24.3 Å². The van der Waals surface area contributed by atoms with E-state index in [9.17, 15) is 18.8 Å². The third-order valence-electron chi connectivity index (χ3n) is 6.16. The fourth-order valence-electron chi connectivity index (χ4n) is 4.15. The summed E-state index contributed by atoms with van der Waals surface area (Å²) in [7, 11) is 1.69. The van der Waals surface area contributed by atoms with Gasteiger partial charge < -0.3 is 15.2 Å². The van der Waals surface area contributed by atoms with Gasteiger partial charge in [0, 0.05) is 42.8 Å². The van der Waals surface area contributed by atoms with Crippen molar-refractivity contribution in [2.45, 2.75) is 31.3 Å². The molecule has 1 fully saturated rings.